The Hall–Kier alpha value is -1.75. The van der Waals surface area contributed by atoms with E-state index in [4.69, 9.17) is 5.11 Å². The molecule has 21 heavy (non-hydrogen) atoms. The highest BCUT2D eigenvalue weighted by atomic mass is 32.2. The van der Waals surface area contributed by atoms with E-state index < -0.39 is 5.97 Å². The average Bonchev–Trinajstić information content (AvgIpc) is 3.02. The summed E-state index contributed by atoms with van der Waals surface area (Å²) in [4.78, 5) is 10.8. The van der Waals surface area contributed by atoms with E-state index in [1.54, 1.807) is 23.9 Å². The summed E-state index contributed by atoms with van der Waals surface area (Å²) in [5.41, 5.74) is 1.46. The van der Waals surface area contributed by atoms with E-state index in [-0.39, 0.29) is 0 Å². The predicted molar refractivity (Wildman–Crippen MR) is 87.1 cm³/mol. The van der Waals surface area contributed by atoms with Crippen LogP contribution in [0.15, 0.2) is 36.9 Å². The van der Waals surface area contributed by atoms with Gasteiger partial charge in [0, 0.05) is 5.75 Å². The number of aromatic carboxylic acids is 1. The first-order chi connectivity index (χ1) is 10.2. The first-order valence-electron chi connectivity index (χ1n) is 7.12. The lowest BCUT2D eigenvalue weighted by molar-refractivity contribution is -0.505. The van der Waals surface area contributed by atoms with Crippen LogP contribution in [0.2, 0.25) is 0 Å². The van der Waals surface area contributed by atoms with Gasteiger partial charge in [-0.25, -0.2) is 4.79 Å². The van der Waals surface area contributed by atoms with Crippen LogP contribution in [0.4, 0.5) is 0 Å². The van der Waals surface area contributed by atoms with Gasteiger partial charge in [-0.2, -0.15) is 0 Å². The fourth-order valence-electron chi connectivity index (χ4n) is 2.23. The summed E-state index contributed by atoms with van der Waals surface area (Å²) in [7, 11) is 0. The van der Waals surface area contributed by atoms with Crippen molar-refractivity contribution >= 4 is 22.9 Å². The Balaban J connectivity index is 1.99. The van der Waals surface area contributed by atoms with Crippen LogP contribution in [-0.2, 0) is 5.75 Å². The van der Waals surface area contributed by atoms with Gasteiger partial charge in [0.25, 0.3) is 0 Å². The van der Waals surface area contributed by atoms with Crippen LogP contribution in [-0.4, -0.2) is 40.5 Å². The zero-order valence-corrected chi connectivity index (χ0v) is 12.9. The number of nitrogens with zero attached hydrogens (tertiary/aromatic N) is 1. The highest BCUT2D eigenvalue weighted by molar-refractivity contribution is 8.12. The van der Waals surface area contributed by atoms with Crippen molar-refractivity contribution in [2.75, 3.05) is 19.6 Å². The van der Waals surface area contributed by atoms with Crippen molar-refractivity contribution in [1.29, 1.82) is 0 Å². The molecule has 0 radical (unpaired) electrons. The van der Waals surface area contributed by atoms with Gasteiger partial charge in [-0.05, 0) is 42.3 Å². The first-order valence-corrected chi connectivity index (χ1v) is 8.11. The minimum absolute atomic E-state index is 0.331. The van der Waals surface area contributed by atoms with Crippen molar-refractivity contribution in [3.8, 4) is 0 Å². The van der Waals surface area contributed by atoms with Crippen LogP contribution in [0.5, 0.6) is 0 Å². The number of rotatable bonds is 5. The van der Waals surface area contributed by atoms with Crippen molar-refractivity contribution < 1.29 is 14.5 Å². The summed E-state index contributed by atoms with van der Waals surface area (Å²) >= 11 is 1.76. The molecule has 0 amide bonds. The first kappa shape index (κ1) is 15.6. The molecule has 4 nitrogen and oxygen atoms in total. The maximum atomic E-state index is 10.8. The van der Waals surface area contributed by atoms with Gasteiger partial charge in [0.05, 0.1) is 18.7 Å². The molecule has 2 N–H and O–H groups in total. The third kappa shape index (κ3) is 4.63. The second kappa shape index (κ2) is 7.88. The zero-order valence-electron chi connectivity index (χ0n) is 12.0. The molecule has 0 aliphatic carbocycles. The van der Waals surface area contributed by atoms with Gasteiger partial charge in [-0.1, -0.05) is 24.8 Å². The molecule has 5 heteroatoms. The van der Waals surface area contributed by atoms with E-state index in [9.17, 15) is 4.79 Å². The van der Waals surface area contributed by atoms with Crippen LogP contribution in [0, 0.1) is 0 Å². The van der Waals surface area contributed by atoms with Gasteiger partial charge < -0.3 is 5.11 Å². The quantitative estimate of drug-likeness (QED) is 0.499. The smallest absolute Gasteiger partial charge is 0.335 e. The van der Waals surface area contributed by atoms with E-state index in [1.807, 2.05) is 18.2 Å². The molecule has 1 aliphatic heterocycles. The number of carboxylic acids is 1. The molecule has 1 heterocycles. The second-order valence-electron chi connectivity index (χ2n) is 4.96. The number of benzene rings is 1. The number of carboxylic acid groups (broad SMARTS) is 1. The fraction of sp³-hybridized carbons (Fsp3) is 0.375. The molecule has 1 aliphatic rings. The molecular weight excluding hydrogens is 284 g/mol. The maximum absolute atomic E-state index is 10.8. The molecule has 0 aromatic heterocycles. The second-order valence-corrected chi connectivity index (χ2v) is 5.92. The number of carbonyl (C=O) groups is 1. The Kier molecular flexibility index (Phi) is 5.87. The Morgan fingerprint density at radius 1 is 1.33 bits per heavy atom. The molecule has 0 spiro atoms. The highest BCUT2D eigenvalue weighted by Gasteiger charge is 2.17. The zero-order chi connectivity index (χ0) is 15.1. The number of hydrogen-bond donors (Lipinski definition) is 2. The van der Waals surface area contributed by atoms with Crippen molar-refractivity contribution in [3.05, 3.63) is 48.0 Å². The lowest BCUT2D eigenvalue weighted by atomic mass is 10.1. The molecular formula is C16H21N2O2S+. The van der Waals surface area contributed by atoms with E-state index in [2.05, 4.69) is 16.5 Å². The average molecular weight is 305 g/mol. The highest BCUT2D eigenvalue weighted by Crippen LogP contribution is 2.16. The van der Waals surface area contributed by atoms with Crippen LogP contribution in [0.25, 0.3) is 0 Å². The van der Waals surface area contributed by atoms with E-state index in [1.165, 1.54) is 18.0 Å². The number of thioether (sulfide) groups is 1. The molecule has 0 atom stereocenters. The lowest BCUT2D eigenvalue weighted by Crippen LogP contribution is -2.30. The fourth-order valence-corrected chi connectivity index (χ4v) is 3.28. The van der Waals surface area contributed by atoms with Crippen molar-refractivity contribution in [3.63, 3.8) is 0 Å². The van der Waals surface area contributed by atoms with Crippen LogP contribution >= 0.6 is 11.8 Å². The molecule has 1 aromatic carbocycles. The summed E-state index contributed by atoms with van der Waals surface area (Å²) in [6.07, 6.45) is 4.35. The Morgan fingerprint density at radius 3 is 2.57 bits per heavy atom. The molecule has 1 saturated heterocycles. The molecule has 1 fully saturated rings. The van der Waals surface area contributed by atoms with E-state index in [0.29, 0.717) is 5.56 Å². The lowest BCUT2D eigenvalue weighted by Gasteiger charge is -2.07. The SMILES string of the molecule is C=CCNC(SCc1ccc(C(=O)O)cc1)=[N+]1CCCC1. The summed E-state index contributed by atoms with van der Waals surface area (Å²) in [5, 5.41) is 13.5. The molecule has 0 bridgehead atoms. The van der Waals surface area contributed by atoms with Gasteiger partial charge in [0.2, 0.25) is 0 Å². The molecule has 0 saturated carbocycles. The Bertz CT molecular complexity index is 530. The number of hydrogen-bond acceptors (Lipinski definition) is 2. The third-order valence-corrected chi connectivity index (χ3v) is 4.52. The monoisotopic (exact) mass is 305 g/mol. The largest absolute Gasteiger partial charge is 0.478 e. The standard InChI is InChI=1S/C16H20N2O2S/c1-2-9-17-16(18-10-3-4-11-18)21-12-13-5-7-14(8-6-13)15(19)20/h2,5-8H,1,3-4,9-12H2,(H,19,20)/p+1. The van der Waals surface area contributed by atoms with E-state index >= 15 is 0 Å². The summed E-state index contributed by atoms with van der Waals surface area (Å²) in [6, 6.07) is 7.08. The van der Waals surface area contributed by atoms with Crippen LogP contribution in [0.1, 0.15) is 28.8 Å². The summed E-state index contributed by atoms with van der Waals surface area (Å²) in [5.74, 6) is -0.0539. The maximum Gasteiger partial charge on any atom is 0.335 e. The molecule has 1 aromatic rings. The number of amidine groups is 1. The number of nitrogens with one attached hydrogen (secondary N) is 1. The topological polar surface area (TPSA) is 52.3 Å². The Labute approximate surface area is 129 Å². The van der Waals surface area contributed by atoms with Crippen LogP contribution in [0.3, 0.4) is 0 Å². The van der Waals surface area contributed by atoms with Crippen molar-refractivity contribution in [2.24, 2.45) is 0 Å². The minimum Gasteiger partial charge on any atom is -0.478 e. The van der Waals surface area contributed by atoms with E-state index in [0.717, 1.165) is 31.0 Å². The van der Waals surface area contributed by atoms with Gasteiger partial charge in [0.1, 0.15) is 6.54 Å². The summed E-state index contributed by atoms with van der Waals surface area (Å²) in [6.45, 7) is 6.71. The van der Waals surface area contributed by atoms with Crippen molar-refractivity contribution in [2.45, 2.75) is 18.6 Å². The minimum atomic E-state index is -0.883. The third-order valence-electron chi connectivity index (χ3n) is 3.37. The van der Waals surface area contributed by atoms with Crippen LogP contribution < -0.4 is 5.32 Å². The molecule has 112 valence electrons. The Morgan fingerprint density at radius 2 is 2.00 bits per heavy atom. The molecule has 2 rings (SSSR count). The predicted octanol–water partition coefficient (Wildman–Crippen LogP) is 2.56. The van der Waals surface area contributed by atoms with Gasteiger partial charge in [-0.3, -0.25) is 9.89 Å². The van der Waals surface area contributed by atoms with Gasteiger partial charge in [-0.15, -0.1) is 0 Å². The summed E-state index contributed by atoms with van der Waals surface area (Å²) < 4.78 is 2.37. The molecule has 0 unspecified atom stereocenters. The van der Waals surface area contributed by atoms with Gasteiger partial charge >= 0.3 is 11.1 Å². The van der Waals surface area contributed by atoms with Gasteiger partial charge in [0.15, 0.2) is 0 Å². The normalized spacial score (nSPS) is 14.0. The van der Waals surface area contributed by atoms with Crippen molar-refractivity contribution in [1.82, 2.24) is 5.32 Å².